The van der Waals surface area contributed by atoms with Gasteiger partial charge in [0.15, 0.2) is 0 Å². The van der Waals surface area contributed by atoms with E-state index in [1.807, 2.05) is 19.9 Å². The number of hydrogen-bond donors (Lipinski definition) is 0. The van der Waals surface area contributed by atoms with E-state index in [4.69, 9.17) is 9.47 Å². The van der Waals surface area contributed by atoms with E-state index in [1.165, 1.54) is 13.8 Å². The number of esters is 2. The van der Waals surface area contributed by atoms with Crippen LogP contribution in [0.3, 0.4) is 0 Å². The molecule has 0 rings (SSSR count). The fraction of sp³-hybridized carbons (Fsp3) is 0.667. The van der Waals surface area contributed by atoms with E-state index in [1.54, 1.807) is 0 Å². The Balaban J connectivity index is 3.78. The van der Waals surface area contributed by atoms with E-state index in [9.17, 15) is 9.59 Å². The molecular weight excluding hydrogens is 208 g/mol. The molecule has 0 bridgehead atoms. The zero-order valence-electron chi connectivity index (χ0n) is 10.4. The van der Waals surface area contributed by atoms with Gasteiger partial charge >= 0.3 is 11.9 Å². The third-order valence-electron chi connectivity index (χ3n) is 1.94. The van der Waals surface area contributed by atoms with Gasteiger partial charge in [-0.05, 0) is 24.8 Å². The summed E-state index contributed by atoms with van der Waals surface area (Å²) in [5, 5.41) is 0. The van der Waals surface area contributed by atoms with Crippen molar-refractivity contribution in [2.75, 3.05) is 13.2 Å². The lowest BCUT2D eigenvalue weighted by Crippen LogP contribution is -2.09. The van der Waals surface area contributed by atoms with Crippen LogP contribution in [0.1, 0.15) is 34.1 Å². The molecule has 0 aromatic carbocycles. The Hall–Kier alpha value is -1.32. The molecule has 0 aliphatic carbocycles. The minimum absolute atomic E-state index is 0.257. The molecule has 0 amide bonds. The second-order valence-corrected chi connectivity index (χ2v) is 3.97. The SMILES string of the molecule is CC(=O)OC/C(C)=C\C[C@@H](C)COC(C)=O. The predicted octanol–water partition coefficient (Wildman–Crippen LogP) is 2.09. The molecule has 1 atom stereocenters. The van der Waals surface area contributed by atoms with Gasteiger partial charge in [-0.3, -0.25) is 9.59 Å². The number of ether oxygens (including phenoxy) is 2. The van der Waals surface area contributed by atoms with Crippen molar-refractivity contribution in [3.05, 3.63) is 11.6 Å². The van der Waals surface area contributed by atoms with E-state index in [0.717, 1.165) is 12.0 Å². The Morgan fingerprint density at radius 3 is 2.19 bits per heavy atom. The predicted molar refractivity (Wildman–Crippen MR) is 60.8 cm³/mol. The third kappa shape index (κ3) is 9.24. The fourth-order valence-corrected chi connectivity index (χ4v) is 1.00. The molecule has 4 heteroatoms. The second kappa shape index (κ2) is 7.91. The van der Waals surface area contributed by atoms with Crippen molar-refractivity contribution in [3.8, 4) is 0 Å². The molecule has 0 saturated carbocycles. The lowest BCUT2D eigenvalue weighted by molar-refractivity contribution is -0.142. The van der Waals surface area contributed by atoms with Gasteiger partial charge in [0.1, 0.15) is 6.61 Å². The van der Waals surface area contributed by atoms with Crippen molar-refractivity contribution in [1.29, 1.82) is 0 Å². The molecule has 4 nitrogen and oxygen atoms in total. The molecule has 0 radical (unpaired) electrons. The lowest BCUT2D eigenvalue weighted by Gasteiger charge is -2.09. The van der Waals surface area contributed by atoms with Crippen LogP contribution < -0.4 is 0 Å². The van der Waals surface area contributed by atoms with Gasteiger partial charge < -0.3 is 9.47 Å². The molecule has 0 aliphatic rings. The highest BCUT2D eigenvalue weighted by Gasteiger charge is 2.03. The Bertz CT molecular complexity index is 268. The Morgan fingerprint density at radius 1 is 1.12 bits per heavy atom. The van der Waals surface area contributed by atoms with Crippen LogP contribution in [-0.2, 0) is 19.1 Å². The van der Waals surface area contributed by atoms with Gasteiger partial charge in [0.2, 0.25) is 0 Å². The van der Waals surface area contributed by atoms with Crippen molar-refractivity contribution in [2.24, 2.45) is 5.92 Å². The molecule has 0 unspecified atom stereocenters. The maximum atomic E-state index is 10.6. The molecule has 92 valence electrons. The van der Waals surface area contributed by atoms with Gasteiger partial charge in [0.05, 0.1) is 6.61 Å². The van der Waals surface area contributed by atoms with Crippen LogP contribution in [0.5, 0.6) is 0 Å². The van der Waals surface area contributed by atoms with Gasteiger partial charge in [0.25, 0.3) is 0 Å². The van der Waals surface area contributed by atoms with Gasteiger partial charge in [-0.2, -0.15) is 0 Å². The van der Waals surface area contributed by atoms with E-state index in [-0.39, 0.29) is 17.9 Å². The highest BCUT2D eigenvalue weighted by atomic mass is 16.5. The molecule has 0 fully saturated rings. The van der Waals surface area contributed by atoms with Crippen LogP contribution in [-0.4, -0.2) is 25.2 Å². The fourth-order valence-electron chi connectivity index (χ4n) is 1.00. The first-order valence-electron chi connectivity index (χ1n) is 5.34. The minimum atomic E-state index is -0.277. The number of allylic oxidation sites excluding steroid dienone is 1. The smallest absolute Gasteiger partial charge is 0.302 e. The summed E-state index contributed by atoms with van der Waals surface area (Å²) in [6, 6.07) is 0. The van der Waals surface area contributed by atoms with Crippen LogP contribution in [0.4, 0.5) is 0 Å². The topological polar surface area (TPSA) is 52.6 Å². The summed E-state index contributed by atoms with van der Waals surface area (Å²) in [4.78, 5) is 21.1. The summed E-state index contributed by atoms with van der Waals surface area (Å²) in [6.45, 7) is 7.44. The molecule has 0 N–H and O–H groups in total. The highest BCUT2D eigenvalue weighted by Crippen LogP contribution is 2.06. The molecule has 0 aromatic heterocycles. The zero-order valence-corrected chi connectivity index (χ0v) is 10.4. The Morgan fingerprint density at radius 2 is 1.69 bits per heavy atom. The van der Waals surface area contributed by atoms with Crippen molar-refractivity contribution in [2.45, 2.75) is 34.1 Å². The van der Waals surface area contributed by atoms with Gasteiger partial charge in [-0.25, -0.2) is 0 Å². The van der Waals surface area contributed by atoms with Gasteiger partial charge in [-0.1, -0.05) is 13.0 Å². The van der Waals surface area contributed by atoms with E-state index < -0.39 is 0 Å². The molecule has 0 spiro atoms. The number of rotatable bonds is 6. The molecule has 0 aliphatic heterocycles. The summed E-state index contributed by atoms with van der Waals surface area (Å²) in [7, 11) is 0. The van der Waals surface area contributed by atoms with E-state index >= 15 is 0 Å². The van der Waals surface area contributed by atoms with Gasteiger partial charge in [-0.15, -0.1) is 0 Å². The van der Waals surface area contributed by atoms with E-state index in [0.29, 0.717) is 13.2 Å². The third-order valence-corrected chi connectivity index (χ3v) is 1.94. The Kier molecular flexibility index (Phi) is 7.25. The monoisotopic (exact) mass is 228 g/mol. The summed E-state index contributed by atoms with van der Waals surface area (Å²) in [5.74, 6) is -0.260. The molecule has 0 saturated heterocycles. The average molecular weight is 228 g/mol. The van der Waals surface area contributed by atoms with E-state index in [2.05, 4.69) is 0 Å². The molecular formula is C12H20O4. The number of carbonyl (C=O) groups excluding carboxylic acids is 2. The van der Waals surface area contributed by atoms with Gasteiger partial charge in [0, 0.05) is 13.8 Å². The summed E-state index contributed by atoms with van der Waals surface area (Å²) >= 11 is 0. The number of hydrogen-bond acceptors (Lipinski definition) is 4. The van der Waals surface area contributed by atoms with Crippen LogP contribution >= 0.6 is 0 Å². The number of carbonyl (C=O) groups is 2. The summed E-state index contributed by atoms with van der Waals surface area (Å²) < 4.78 is 9.72. The maximum Gasteiger partial charge on any atom is 0.302 e. The summed E-state index contributed by atoms with van der Waals surface area (Å²) in [6.07, 6.45) is 2.80. The van der Waals surface area contributed by atoms with Crippen molar-refractivity contribution < 1.29 is 19.1 Å². The first-order chi connectivity index (χ1) is 7.41. The summed E-state index contributed by atoms with van der Waals surface area (Å²) in [5.41, 5.74) is 1.00. The lowest BCUT2D eigenvalue weighted by atomic mass is 10.1. The average Bonchev–Trinajstić information content (AvgIpc) is 2.20. The molecule has 0 heterocycles. The normalized spacial score (nSPS) is 13.1. The zero-order chi connectivity index (χ0) is 12.6. The van der Waals surface area contributed by atoms with Crippen LogP contribution in [0.2, 0.25) is 0 Å². The minimum Gasteiger partial charge on any atom is -0.466 e. The molecule has 0 aromatic rings. The highest BCUT2D eigenvalue weighted by molar-refractivity contribution is 5.66. The van der Waals surface area contributed by atoms with Crippen molar-refractivity contribution >= 4 is 11.9 Å². The largest absolute Gasteiger partial charge is 0.466 e. The first kappa shape index (κ1) is 14.7. The quantitative estimate of drug-likeness (QED) is 0.516. The Labute approximate surface area is 96.6 Å². The van der Waals surface area contributed by atoms with Crippen LogP contribution in [0.25, 0.3) is 0 Å². The maximum absolute atomic E-state index is 10.6. The second-order valence-electron chi connectivity index (χ2n) is 3.97. The first-order valence-corrected chi connectivity index (χ1v) is 5.34. The molecule has 16 heavy (non-hydrogen) atoms. The standard InChI is InChI=1S/C12H20O4/c1-9(7-15-11(3)13)5-6-10(2)8-16-12(4)14/h5,10H,6-8H2,1-4H3/b9-5-/t10-/m1/s1. The van der Waals surface area contributed by atoms with Crippen LogP contribution in [0.15, 0.2) is 11.6 Å². The van der Waals surface area contributed by atoms with Crippen LogP contribution in [0, 0.1) is 5.92 Å². The van der Waals surface area contributed by atoms with Crippen molar-refractivity contribution in [3.63, 3.8) is 0 Å². The van der Waals surface area contributed by atoms with Crippen molar-refractivity contribution in [1.82, 2.24) is 0 Å².